The van der Waals surface area contributed by atoms with E-state index in [-0.39, 0.29) is 22.4 Å². The van der Waals surface area contributed by atoms with Gasteiger partial charge in [-0.2, -0.15) is 31.4 Å². The average Bonchev–Trinajstić information content (AvgIpc) is 3.42. The Morgan fingerprint density at radius 1 is 1.15 bits per heavy atom. The summed E-state index contributed by atoms with van der Waals surface area (Å²) in [5.74, 6) is -5.36. The largest absolute Gasteiger partial charge is 0.418 e. The lowest BCUT2D eigenvalue weighted by atomic mass is 10.0. The standard InChI is InChI=1S/C24H22F8N6O2/c1-10(23(27,28)29)3-19(39)37-7-16(26)17(8-37)36-22(40)13-4-12(5-15(25)11(13)2)18-6-14(24(30,31)32)20-21(33)34-9-35-38(18)20/h4-6,9-10,16-17H,3,7-8H2,1-2H3,(H,36,40)(H2,33,34,35)/t10?,16-,17+/m0/s1. The lowest BCUT2D eigenvalue weighted by molar-refractivity contribution is -0.176. The van der Waals surface area contributed by atoms with Crippen molar-refractivity contribution in [1.29, 1.82) is 0 Å². The monoisotopic (exact) mass is 578 g/mol. The summed E-state index contributed by atoms with van der Waals surface area (Å²) in [5.41, 5.74) is 2.88. The van der Waals surface area contributed by atoms with Gasteiger partial charge < -0.3 is 16.0 Å². The second-order valence-corrected chi connectivity index (χ2v) is 9.52. The van der Waals surface area contributed by atoms with Gasteiger partial charge >= 0.3 is 12.4 Å². The van der Waals surface area contributed by atoms with Crippen LogP contribution in [-0.2, 0) is 11.0 Å². The minimum absolute atomic E-state index is 0.182. The van der Waals surface area contributed by atoms with Crippen LogP contribution in [0.2, 0.25) is 0 Å². The molecule has 0 bridgehead atoms. The number of likely N-dealkylation sites (tertiary alicyclic amines) is 1. The second kappa shape index (κ2) is 10.2. The predicted molar refractivity (Wildman–Crippen MR) is 125 cm³/mol. The molecule has 0 radical (unpaired) electrons. The van der Waals surface area contributed by atoms with E-state index in [0.717, 1.165) is 34.8 Å². The molecule has 3 aromatic rings. The number of hydrogen-bond acceptors (Lipinski definition) is 5. The van der Waals surface area contributed by atoms with Crippen molar-refractivity contribution in [3.63, 3.8) is 0 Å². The average molecular weight is 578 g/mol. The number of carbonyl (C=O) groups is 2. The van der Waals surface area contributed by atoms with E-state index < -0.39 is 84.5 Å². The van der Waals surface area contributed by atoms with Crippen LogP contribution in [-0.4, -0.2) is 62.8 Å². The molecule has 0 aliphatic carbocycles. The topological polar surface area (TPSA) is 106 Å². The number of aromatic nitrogens is 3. The van der Waals surface area contributed by atoms with Crippen LogP contribution in [0.25, 0.3) is 16.8 Å². The van der Waals surface area contributed by atoms with E-state index in [1.807, 2.05) is 0 Å². The normalized spacial score (nSPS) is 18.8. The Labute approximate surface area is 221 Å². The van der Waals surface area contributed by atoms with Crippen LogP contribution >= 0.6 is 0 Å². The van der Waals surface area contributed by atoms with Gasteiger partial charge in [-0.05, 0) is 30.7 Å². The third-order valence-corrected chi connectivity index (χ3v) is 6.73. The molecule has 1 fully saturated rings. The lowest BCUT2D eigenvalue weighted by Crippen LogP contribution is -2.42. The van der Waals surface area contributed by atoms with Crippen molar-refractivity contribution in [2.45, 2.75) is 44.8 Å². The molecule has 16 heteroatoms. The Morgan fingerprint density at radius 2 is 1.82 bits per heavy atom. The molecular weight excluding hydrogens is 556 g/mol. The Kier molecular flexibility index (Phi) is 7.40. The van der Waals surface area contributed by atoms with Gasteiger partial charge in [0.1, 0.15) is 23.8 Å². The van der Waals surface area contributed by atoms with Gasteiger partial charge in [-0.3, -0.25) is 9.59 Å². The molecule has 8 nitrogen and oxygen atoms in total. The van der Waals surface area contributed by atoms with Crippen molar-refractivity contribution in [3.05, 3.63) is 47.0 Å². The number of nitrogens with zero attached hydrogens (tertiary/aromatic N) is 4. The van der Waals surface area contributed by atoms with Crippen molar-refractivity contribution in [2.24, 2.45) is 5.92 Å². The molecule has 4 rings (SSSR count). The molecule has 1 unspecified atom stereocenters. The van der Waals surface area contributed by atoms with E-state index in [9.17, 15) is 44.7 Å². The highest BCUT2D eigenvalue weighted by Gasteiger charge is 2.42. The maximum absolute atomic E-state index is 14.9. The van der Waals surface area contributed by atoms with E-state index in [4.69, 9.17) is 5.73 Å². The minimum Gasteiger partial charge on any atom is -0.382 e. The molecule has 0 spiro atoms. The number of nitrogen functional groups attached to an aromatic ring is 1. The molecule has 40 heavy (non-hydrogen) atoms. The first-order valence-corrected chi connectivity index (χ1v) is 11.8. The number of amides is 2. The fourth-order valence-corrected chi connectivity index (χ4v) is 4.41. The summed E-state index contributed by atoms with van der Waals surface area (Å²) in [6.07, 6.45) is -11.3. The van der Waals surface area contributed by atoms with Crippen molar-refractivity contribution in [3.8, 4) is 11.3 Å². The van der Waals surface area contributed by atoms with Crippen LogP contribution < -0.4 is 11.1 Å². The molecule has 1 aliphatic heterocycles. The first kappa shape index (κ1) is 29.0. The van der Waals surface area contributed by atoms with Crippen molar-refractivity contribution >= 4 is 23.1 Å². The fraction of sp³-hybridized carbons (Fsp3) is 0.417. The predicted octanol–water partition coefficient (Wildman–Crippen LogP) is 4.31. The summed E-state index contributed by atoms with van der Waals surface area (Å²) in [4.78, 5) is 29.7. The van der Waals surface area contributed by atoms with Gasteiger partial charge in [0.2, 0.25) is 5.91 Å². The van der Waals surface area contributed by atoms with E-state index in [1.165, 1.54) is 6.92 Å². The summed E-state index contributed by atoms with van der Waals surface area (Å²) in [5, 5.41) is 6.08. The molecular formula is C24H22F8N6O2. The zero-order valence-electron chi connectivity index (χ0n) is 20.9. The number of benzene rings is 1. The van der Waals surface area contributed by atoms with Crippen molar-refractivity contribution in [1.82, 2.24) is 24.8 Å². The van der Waals surface area contributed by atoms with Gasteiger partial charge in [-0.25, -0.2) is 18.3 Å². The van der Waals surface area contributed by atoms with E-state index in [1.54, 1.807) is 0 Å². The molecule has 1 saturated heterocycles. The number of anilines is 1. The third kappa shape index (κ3) is 5.51. The molecule has 3 atom stereocenters. The maximum atomic E-state index is 14.9. The van der Waals surface area contributed by atoms with Gasteiger partial charge in [0.25, 0.3) is 5.91 Å². The minimum atomic E-state index is -4.87. The number of carbonyl (C=O) groups excluding carboxylic acids is 2. The molecule has 0 saturated carbocycles. The molecule has 216 valence electrons. The number of nitrogens with two attached hydrogens (primary N) is 1. The number of alkyl halides is 7. The fourth-order valence-electron chi connectivity index (χ4n) is 4.41. The Morgan fingerprint density at radius 3 is 2.45 bits per heavy atom. The van der Waals surface area contributed by atoms with Gasteiger partial charge in [0.05, 0.1) is 29.8 Å². The van der Waals surface area contributed by atoms with Crippen LogP contribution in [0.15, 0.2) is 24.5 Å². The van der Waals surface area contributed by atoms with Gasteiger partial charge in [-0.15, -0.1) is 0 Å². The zero-order chi connectivity index (χ0) is 29.7. The van der Waals surface area contributed by atoms with Crippen LogP contribution in [0.3, 0.4) is 0 Å². The highest BCUT2D eigenvalue weighted by atomic mass is 19.4. The third-order valence-electron chi connectivity index (χ3n) is 6.73. The highest BCUT2D eigenvalue weighted by Crippen LogP contribution is 2.39. The summed E-state index contributed by atoms with van der Waals surface area (Å²) in [6.45, 7) is 1.06. The molecule has 1 aromatic carbocycles. The first-order valence-electron chi connectivity index (χ1n) is 11.8. The highest BCUT2D eigenvalue weighted by molar-refractivity contribution is 5.97. The summed E-state index contributed by atoms with van der Waals surface area (Å²) in [6, 6.07) is 1.33. The molecule has 2 aromatic heterocycles. The number of hydrogen-bond donors (Lipinski definition) is 2. The summed E-state index contributed by atoms with van der Waals surface area (Å²) in [7, 11) is 0. The smallest absolute Gasteiger partial charge is 0.382 e. The van der Waals surface area contributed by atoms with Crippen molar-refractivity contribution in [2.75, 3.05) is 18.8 Å². The van der Waals surface area contributed by atoms with Crippen molar-refractivity contribution < 1.29 is 44.7 Å². The first-order chi connectivity index (χ1) is 18.5. The molecule has 3 N–H and O–H groups in total. The van der Waals surface area contributed by atoms with Crippen LogP contribution in [0, 0.1) is 18.7 Å². The van der Waals surface area contributed by atoms with E-state index in [2.05, 4.69) is 15.4 Å². The molecule has 1 aliphatic rings. The number of fused-ring (bicyclic) bond motifs is 1. The Bertz CT molecular complexity index is 1470. The Balaban J connectivity index is 1.61. The number of rotatable bonds is 5. The van der Waals surface area contributed by atoms with Crippen LogP contribution in [0.5, 0.6) is 0 Å². The number of halogens is 8. The van der Waals surface area contributed by atoms with Crippen LogP contribution in [0.1, 0.15) is 34.8 Å². The van der Waals surface area contributed by atoms with E-state index in [0.29, 0.717) is 6.07 Å². The van der Waals surface area contributed by atoms with Gasteiger partial charge in [-0.1, -0.05) is 6.92 Å². The quantitative estimate of drug-likeness (QED) is 0.439. The SMILES string of the molecule is Cc1c(F)cc(-c2cc(C(F)(F)F)c3c(N)ncnn23)cc1C(=O)N[C@@H]1CN(C(=O)CC(C)C(F)(F)F)C[C@@H]1F. The molecule has 2 amide bonds. The van der Waals surface area contributed by atoms with Gasteiger partial charge in [0, 0.05) is 24.1 Å². The zero-order valence-corrected chi connectivity index (χ0v) is 20.9. The van der Waals surface area contributed by atoms with Crippen LogP contribution in [0.4, 0.5) is 40.9 Å². The van der Waals surface area contributed by atoms with E-state index >= 15 is 0 Å². The summed E-state index contributed by atoms with van der Waals surface area (Å²) < 4.78 is 110. The second-order valence-electron chi connectivity index (χ2n) is 9.52. The van der Waals surface area contributed by atoms with Gasteiger partial charge in [0.15, 0.2) is 5.82 Å². The maximum Gasteiger partial charge on any atom is 0.418 e. The lowest BCUT2D eigenvalue weighted by Gasteiger charge is -2.20. The Hall–Kier alpha value is -3.98. The number of nitrogens with one attached hydrogen (secondary N) is 1. The molecule has 3 heterocycles. The summed E-state index contributed by atoms with van der Waals surface area (Å²) >= 11 is 0.